The molecule has 102 valence electrons. The minimum Gasteiger partial charge on any atom is -0.434 e. The Morgan fingerprint density at radius 1 is 1.22 bits per heavy atom. The van der Waals surface area contributed by atoms with Crippen LogP contribution >= 0.6 is 0 Å². The number of halogens is 4. The van der Waals surface area contributed by atoms with E-state index < -0.39 is 18.6 Å². The molecule has 0 saturated heterocycles. The third-order valence-corrected chi connectivity index (χ3v) is 2.64. The second-order valence-electron chi connectivity index (χ2n) is 3.91. The van der Waals surface area contributed by atoms with Crippen LogP contribution in [-0.4, -0.2) is 19.6 Å². The van der Waals surface area contributed by atoms with Crippen LogP contribution in [0.2, 0.25) is 0 Å². The van der Waals surface area contributed by atoms with Gasteiger partial charge in [-0.25, -0.2) is 8.78 Å². The van der Waals surface area contributed by atoms with Crippen LogP contribution in [0.15, 0.2) is 24.3 Å². The topological polar surface area (TPSA) is 21.3 Å². The molecule has 0 saturated carbocycles. The maximum absolute atomic E-state index is 13.2. The Bertz CT molecular complexity index is 386. The third kappa shape index (κ3) is 3.13. The molecule has 1 aromatic rings. The molecular weight excluding hydrogens is 250 g/mol. The van der Waals surface area contributed by atoms with Crippen molar-refractivity contribution >= 4 is 0 Å². The molecule has 0 aliphatic rings. The molecule has 1 rings (SSSR count). The summed E-state index contributed by atoms with van der Waals surface area (Å²) in [4.78, 5) is 0. The van der Waals surface area contributed by atoms with Crippen LogP contribution in [0.4, 0.5) is 17.6 Å². The molecule has 0 aromatic heterocycles. The van der Waals surface area contributed by atoms with E-state index in [2.05, 4.69) is 10.1 Å². The maximum Gasteiger partial charge on any atom is 0.387 e. The van der Waals surface area contributed by atoms with Crippen LogP contribution in [0.5, 0.6) is 5.75 Å². The Morgan fingerprint density at radius 2 is 1.83 bits per heavy atom. The number of hydrogen-bond acceptors (Lipinski definition) is 2. The number of ether oxygens (including phenoxy) is 1. The Hall–Kier alpha value is -1.30. The van der Waals surface area contributed by atoms with E-state index in [0.29, 0.717) is 0 Å². The first-order valence-electron chi connectivity index (χ1n) is 5.49. The molecule has 1 aromatic carbocycles. The Morgan fingerprint density at radius 3 is 2.33 bits per heavy atom. The van der Waals surface area contributed by atoms with E-state index in [-0.39, 0.29) is 17.9 Å². The molecular formula is C12H15F4NO. The minimum absolute atomic E-state index is 0.0159. The highest BCUT2D eigenvalue weighted by molar-refractivity contribution is 5.39. The van der Waals surface area contributed by atoms with E-state index in [0.717, 1.165) is 0 Å². The highest BCUT2D eigenvalue weighted by Gasteiger charge is 2.38. The van der Waals surface area contributed by atoms with Gasteiger partial charge in [0.1, 0.15) is 11.3 Å². The zero-order valence-corrected chi connectivity index (χ0v) is 10.1. The lowest BCUT2D eigenvalue weighted by atomic mass is 9.91. The summed E-state index contributed by atoms with van der Waals surface area (Å²) >= 11 is 0. The average molecular weight is 265 g/mol. The zero-order valence-electron chi connectivity index (χ0n) is 10.1. The predicted molar refractivity (Wildman–Crippen MR) is 60.1 cm³/mol. The number of nitrogens with one attached hydrogen (secondary N) is 1. The van der Waals surface area contributed by atoms with Crippen LogP contribution in [0.25, 0.3) is 0 Å². The lowest BCUT2D eigenvalue weighted by Gasteiger charge is -2.31. The van der Waals surface area contributed by atoms with Crippen molar-refractivity contribution in [3.8, 4) is 5.75 Å². The van der Waals surface area contributed by atoms with Crippen molar-refractivity contribution in [2.75, 3.05) is 6.54 Å². The summed E-state index contributed by atoms with van der Waals surface area (Å²) in [6.45, 7) is 0.158. The molecule has 0 aliphatic carbocycles. The first-order chi connectivity index (χ1) is 8.41. The highest BCUT2D eigenvalue weighted by atomic mass is 19.3. The van der Waals surface area contributed by atoms with Crippen molar-refractivity contribution in [1.82, 2.24) is 5.32 Å². The van der Waals surface area contributed by atoms with Gasteiger partial charge in [0.25, 0.3) is 6.43 Å². The Kier molecular flexibility index (Phi) is 4.95. The van der Waals surface area contributed by atoms with E-state index >= 15 is 0 Å². The summed E-state index contributed by atoms with van der Waals surface area (Å²) in [7, 11) is 0. The Balaban J connectivity index is 3.19. The molecule has 0 heterocycles. The molecule has 0 radical (unpaired) electrons. The molecule has 0 bridgehead atoms. The van der Waals surface area contributed by atoms with Gasteiger partial charge in [0.05, 0.1) is 0 Å². The third-order valence-electron chi connectivity index (χ3n) is 2.64. The van der Waals surface area contributed by atoms with E-state index in [9.17, 15) is 17.6 Å². The van der Waals surface area contributed by atoms with Gasteiger partial charge in [0.2, 0.25) is 0 Å². The lowest BCUT2D eigenvalue weighted by molar-refractivity contribution is -0.0530. The molecule has 1 N–H and O–H groups in total. The largest absolute Gasteiger partial charge is 0.434 e. The highest BCUT2D eigenvalue weighted by Crippen LogP contribution is 2.35. The maximum atomic E-state index is 13.2. The molecule has 18 heavy (non-hydrogen) atoms. The molecule has 0 spiro atoms. The smallest absolute Gasteiger partial charge is 0.387 e. The molecule has 0 fully saturated rings. The van der Waals surface area contributed by atoms with Gasteiger partial charge in [-0.2, -0.15) is 8.78 Å². The minimum atomic E-state index is -3.05. The number of rotatable bonds is 6. The predicted octanol–water partition coefficient (Wildman–Crippen LogP) is 3.38. The molecule has 1 atom stereocenters. The normalized spacial score (nSPS) is 14.9. The van der Waals surface area contributed by atoms with Gasteiger partial charge in [0.15, 0.2) is 0 Å². The molecule has 6 heteroatoms. The second kappa shape index (κ2) is 6.04. The monoisotopic (exact) mass is 265 g/mol. The van der Waals surface area contributed by atoms with Crippen LogP contribution in [0.3, 0.4) is 0 Å². The first-order valence-corrected chi connectivity index (χ1v) is 5.49. The first kappa shape index (κ1) is 14.8. The van der Waals surface area contributed by atoms with Gasteiger partial charge in [0, 0.05) is 5.56 Å². The van der Waals surface area contributed by atoms with Crippen molar-refractivity contribution < 1.29 is 22.3 Å². The van der Waals surface area contributed by atoms with Crippen LogP contribution in [-0.2, 0) is 5.54 Å². The van der Waals surface area contributed by atoms with Gasteiger partial charge in [-0.05, 0) is 19.5 Å². The second-order valence-corrected chi connectivity index (χ2v) is 3.91. The lowest BCUT2D eigenvalue weighted by Crippen LogP contribution is -2.46. The molecule has 1 unspecified atom stereocenters. The fourth-order valence-electron chi connectivity index (χ4n) is 1.75. The van der Waals surface area contributed by atoms with Crippen LogP contribution in [0.1, 0.15) is 19.4 Å². The van der Waals surface area contributed by atoms with E-state index in [1.807, 2.05) is 0 Å². The summed E-state index contributed by atoms with van der Waals surface area (Å²) < 4.78 is 55.1. The molecule has 0 amide bonds. The van der Waals surface area contributed by atoms with Gasteiger partial charge < -0.3 is 10.1 Å². The standard InChI is InChI=1S/C12H15F4NO/c1-3-17-12(2,10(13)14)8-6-4-5-7-9(8)18-11(15)16/h4-7,10-11,17H,3H2,1-2H3. The molecule has 0 aliphatic heterocycles. The van der Waals surface area contributed by atoms with Gasteiger partial charge in [-0.3, -0.25) is 0 Å². The van der Waals surface area contributed by atoms with Crippen molar-refractivity contribution in [2.24, 2.45) is 0 Å². The van der Waals surface area contributed by atoms with Gasteiger partial charge in [-0.15, -0.1) is 0 Å². The summed E-state index contributed by atoms with van der Waals surface area (Å²) in [6.07, 6.45) is -2.75. The zero-order chi connectivity index (χ0) is 13.8. The van der Waals surface area contributed by atoms with Crippen LogP contribution < -0.4 is 10.1 Å². The molecule has 2 nitrogen and oxygen atoms in total. The van der Waals surface area contributed by atoms with Gasteiger partial charge in [-0.1, -0.05) is 25.1 Å². The number of hydrogen-bond donors (Lipinski definition) is 1. The van der Waals surface area contributed by atoms with Crippen LogP contribution in [0, 0.1) is 0 Å². The summed E-state index contributed by atoms with van der Waals surface area (Å²) in [6, 6.07) is 5.57. The average Bonchev–Trinajstić information content (AvgIpc) is 2.28. The summed E-state index contributed by atoms with van der Waals surface area (Å²) in [5, 5.41) is 2.61. The van der Waals surface area contributed by atoms with Gasteiger partial charge >= 0.3 is 6.61 Å². The fourth-order valence-corrected chi connectivity index (χ4v) is 1.75. The van der Waals surface area contributed by atoms with Crippen molar-refractivity contribution in [1.29, 1.82) is 0 Å². The number of benzene rings is 1. The van der Waals surface area contributed by atoms with E-state index in [1.54, 1.807) is 6.92 Å². The number of para-hydroxylation sites is 1. The Labute approximate surface area is 103 Å². The quantitative estimate of drug-likeness (QED) is 0.796. The summed E-state index contributed by atoms with van der Waals surface area (Å²) in [5.41, 5.74) is -1.71. The van der Waals surface area contributed by atoms with Crippen molar-refractivity contribution in [3.63, 3.8) is 0 Å². The van der Waals surface area contributed by atoms with Crippen molar-refractivity contribution in [2.45, 2.75) is 32.4 Å². The van der Waals surface area contributed by atoms with Crippen molar-refractivity contribution in [3.05, 3.63) is 29.8 Å². The fraction of sp³-hybridized carbons (Fsp3) is 0.500. The van der Waals surface area contributed by atoms with E-state index in [4.69, 9.17) is 0 Å². The number of alkyl halides is 4. The van der Waals surface area contributed by atoms with E-state index in [1.165, 1.54) is 31.2 Å². The SMILES string of the molecule is CCNC(C)(c1ccccc1OC(F)F)C(F)F. The summed E-state index contributed by atoms with van der Waals surface area (Å²) in [5.74, 6) is -0.240.